The van der Waals surface area contributed by atoms with Gasteiger partial charge in [-0.3, -0.25) is 0 Å². The van der Waals surface area contributed by atoms with Crippen molar-refractivity contribution in [1.29, 1.82) is 0 Å². The summed E-state index contributed by atoms with van der Waals surface area (Å²) in [5.41, 5.74) is 21.8. The normalized spacial score (nSPS) is 14.9. The third kappa shape index (κ3) is 4.17. The molecule has 34 heavy (non-hydrogen) atoms. The van der Waals surface area contributed by atoms with Crippen LogP contribution in [0.25, 0.3) is 21.6 Å². The Morgan fingerprint density at radius 2 is 1.65 bits per heavy atom. The van der Waals surface area contributed by atoms with Crippen LogP contribution in [0.2, 0.25) is 0 Å². The fraction of sp³-hybridized carbons (Fsp3) is 0.269. The lowest BCUT2D eigenvalue weighted by atomic mass is 9.98. The Bertz CT molecular complexity index is 1220. The van der Waals surface area contributed by atoms with Crippen molar-refractivity contribution in [3.05, 3.63) is 93.9 Å². The highest BCUT2D eigenvalue weighted by molar-refractivity contribution is 5.79. The van der Waals surface area contributed by atoms with E-state index in [9.17, 15) is 4.79 Å². The minimum absolute atomic E-state index is 0.0516. The minimum atomic E-state index is -0.285. The highest BCUT2D eigenvalue weighted by atomic mass is 16.6. The number of amides is 1. The van der Waals surface area contributed by atoms with Crippen molar-refractivity contribution in [2.45, 2.75) is 12.5 Å². The van der Waals surface area contributed by atoms with Crippen molar-refractivity contribution < 1.29 is 9.53 Å². The predicted molar refractivity (Wildman–Crippen MR) is 132 cm³/mol. The first-order chi connectivity index (χ1) is 16.7. The van der Waals surface area contributed by atoms with Crippen LogP contribution in [0.3, 0.4) is 0 Å². The monoisotopic (exact) mass is 454 g/mol. The Labute approximate surface area is 198 Å². The molecule has 8 nitrogen and oxygen atoms in total. The number of hydrogen-bond acceptors (Lipinski definition) is 5. The van der Waals surface area contributed by atoms with Crippen molar-refractivity contribution in [1.82, 2.24) is 4.90 Å². The molecule has 5 rings (SSSR count). The molecule has 0 spiro atoms. The number of carbonyl (C=O) groups is 1. The van der Waals surface area contributed by atoms with Crippen LogP contribution in [0, 0.1) is 0 Å². The van der Waals surface area contributed by atoms with Crippen molar-refractivity contribution in [2.75, 3.05) is 37.7 Å². The standard InChI is InChI=1S/C26H26N6O2/c27-16-18-13-19(29-30-28)15-20(14-18)31-9-11-32(12-10-31)26(33)34-17-25-23-7-3-1-5-21(23)22-6-2-4-8-24(22)25/h1-8,13-15,25H,9-12,16-17,27H2. The van der Waals surface area contributed by atoms with Crippen LogP contribution in [0.1, 0.15) is 22.6 Å². The topological polar surface area (TPSA) is 108 Å². The van der Waals surface area contributed by atoms with E-state index in [0.717, 1.165) is 11.3 Å². The number of hydrogen-bond donors (Lipinski definition) is 1. The molecule has 0 saturated carbocycles. The van der Waals surface area contributed by atoms with E-state index >= 15 is 0 Å². The van der Waals surface area contributed by atoms with E-state index in [1.807, 2.05) is 36.4 Å². The van der Waals surface area contributed by atoms with E-state index in [1.54, 1.807) is 11.0 Å². The molecule has 3 aromatic carbocycles. The van der Waals surface area contributed by atoms with Gasteiger partial charge in [0, 0.05) is 54.9 Å². The number of rotatable bonds is 5. The van der Waals surface area contributed by atoms with E-state index < -0.39 is 0 Å². The summed E-state index contributed by atoms with van der Waals surface area (Å²) in [6.07, 6.45) is -0.285. The summed E-state index contributed by atoms with van der Waals surface area (Å²) in [6.45, 7) is 3.12. The number of azide groups is 1. The maximum atomic E-state index is 12.9. The number of carbonyl (C=O) groups excluding carboxylic acids is 1. The smallest absolute Gasteiger partial charge is 0.409 e. The molecule has 1 saturated heterocycles. The third-order valence-electron chi connectivity index (χ3n) is 6.60. The summed E-state index contributed by atoms with van der Waals surface area (Å²) in [6, 6.07) is 22.3. The highest BCUT2D eigenvalue weighted by Gasteiger charge is 2.30. The number of ether oxygens (including phenoxy) is 1. The number of nitrogens with two attached hydrogens (primary N) is 1. The number of fused-ring (bicyclic) bond motifs is 3. The highest BCUT2D eigenvalue weighted by Crippen LogP contribution is 2.44. The molecule has 1 amide bonds. The molecule has 8 heteroatoms. The van der Waals surface area contributed by atoms with Crippen LogP contribution in [-0.4, -0.2) is 43.8 Å². The SMILES string of the molecule is [N-]=[N+]=Nc1cc(CN)cc(N2CCN(C(=O)OCC3c4ccccc4-c4ccccc43)CC2)c1. The maximum Gasteiger partial charge on any atom is 0.409 e. The molecule has 1 heterocycles. The van der Waals surface area contributed by atoms with Crippen LogP contribution in [0.5, 0.6) is 0 Å². The second kappa shape index (κ2) is 9.47. The first-order valence-corrected chi connectivity index (χ1v) is 11.4. The van der Waals surface area contributed by atoms with E-state index in [2.05, 4.69) is 39.2 Å². The average molecular weight is 455 g/mol. The average Bonchev–Trinajstić information content (AvgIpc) is 3.21. The van der Waals surface area contributed by atoms with Crippen molar-refractivity contribution in [2.24, 2.45) is 10.8 Å². The van der Waals surface area contributed by atoms with E-state index in [4.69, 9.17) is 16.0 Å². The van der Waals surface area contributed by atoms with Gasteiger partial charge >= 0.3 is 6.09 Å². The van der Waals surface area contributed by atoms with Gasteiger partial charge in [-0.25, -0.2) is 4.79 Å². The Kier molecular flexibility index (Phi) is 6.08. The van der Waals surface area contributed by atoms with E-state index in [-0.39, 0.29) is 12.0 Å². The molecule has 0 atom stereocenters. The molecule has 1 aliphatic heterocycles. The first kappa shape index (κ1) is 21.8. The van der Waals surface area contributed by atoms with Crippen LogP contribution in [-0.2, 0) is 11.3 Å². The van der Waals surface area contributed by atoms with Gasteiger partial charge in [0.05, 0.1) is 0 Å². The molecular formula is C26H26N6O2. The lowest BCUT2D eigenvalue weighted by Gasteiger charge is -2.36. The quantitative estimate of drug-likeness (QED) is 0.326. The van der Waals surface area contributed by atoms with Gasteiger partial charge in [0.15, 0.2) is 0 Å². The summed E-state index contributed by atoms with van der Waals surface area (Å²) in [5, 5.41) is 3.72. The van der Waals surface area contributed by atoms with Gasteiger partial charge in [-0.05, 0) is 51.5 Å². The van der Waals surface area contributed by atoms with Gasteiger partial charge in [0.2, 0.25) is 0 Å². The Balaban J connectivity index is 1.22. The maximum absolute atomic E-state index is 12.9. The number of anilines is 1. The van der Waals surface area contributed by atoms with Crippen LogP contribution in [0.4, 0.5) is 16.2 Å². The van der Waals surface area contributed by atoms with Gasteiger partial charge in [-0.2, -0.15) is 0 Å². The summed E-state index contributed by atoms with van der Waals surface area (Å²) in [7, 11) is 0. The fourth-order valence-electron chi connectivity index (χ4n) is 4.90. The van der Waals surface area contributed by atoms with E-state index in [0.29, 0.717) is 45.0 Å². The lowest BCUT2D eigenvalue weighted by molar-refractivity contribution is 0.0977. The van der Waals surface area contributed by atoms with Crippen molar-refractivity contribution in [3.63, 3.8) is 0 Å². The van der Waals surface area contributed by atoms with Crippen molar-refractivity contribution >= 4 is 17.5 Å². The van der Waals surface area contributed by atoms with Gasteiger partial charge in [0.25, 0.3) is 0 Å². The second-order valence-corrected chi connectivity index (χ2v) is 8.53. The first-order valence-electron chi connectivity index (χ1n) is 11.4. The van der Waals surface area contributed by atoms with Gasteiger partial charge in [0.1, 0.15) is 6.61 Å². The molecule has 3 aromatic rings. The number of nitrogens with zero attached hydrogens (tertiary/aromatic N) is 5. The molecule has 2 aliphatic rings. The largest absolute Gasteiger partial charge is 0.448 e. The zero-order valence-corrected chi connectivity index (χ0v) is 18.8. The zero-order valence-electron chi connectivity index (χ0n) is 18.8. The minimum Gasteiger partial charge on any atom is -0.448 e. The molecule has 0 aromatic heterocycles. The molecule has 0 unspecified atom stereocenters. The Morgan fingerprint density at radius 1 is 1.00 bits per heavy atom. The van der Waals surface area contributed by atoms with Crippen LogP contribution < -0.4 is 10.6 Å². The Hall–Kier alpha value is -4.00. The van der Waals surface area contributed by atoms with Crippen LogP contribution >= 0.6 is 0 Å². The summed E-state index contributed by atoms with van der Waals surface area (Å²) < 4.78 is 5.80. The Morgan fingerprint density at radius 3 is 2.26 bits per heavy atom. The zero-order chi connectivity index (χ0) is 23.5. The molecule has 1 aliphatic carbocycles. The van der Waals surface area contributed by atoms with Gasteiger partial charge in [-0.15, -0.1) is 0 Å². The summed E-state index contributed by atoms with van der Waals surface area (Å²) in [5.74, 6) is 0.0516. The fourth-order valence-corrected chi connectivity index (χ4v) is 4.90. The molecule has 0 bridgehead atoms. The molecule has 1 fully saturated rings. The molecule has 172 valence electrons. The van der Waals surface area contributed by atoms with E-state index in [1.165, 1.54) is 22.3 Å². The predicted octanol–water partition coefficient (Wildman–Crippen LogP) is 5.16. The van der Waals surface area contributed by atoms with Gasteiger partial charge in [-0.1, -0.05) is 53.6 Å². The van der Waals surface area contributed by atoms with Crippen molar-refractivity contribution in [3.8, 4) is 11.1 Å². The molecule has 2 N–H and O–H groups in total. The molecular weight excluding hydrogens is 428 g/mol. The third-order valence-corrected chi connectivity index (χ3v) is 6.60. The van der Waals surface area contributed by atoms with Crippen LogP contribution in [0.15, 0.2) is 71.8 Å². The van der Waals surface area contributed by atoms with Gasteiger partial charge < -0.3 is 20.3 Å². The molecule has 0 radical (unpaired) electrons. The summed E-state index contributed by atoms with van der Waals surface area (Å²) >= 11 is 0. The number of piperazine rings is 1. The summed E-state index contributed by atoms with van der Waals surface area (Å²) in [4.78, 5) is 19.7. The second-order valence-electron chi connectivity index (χ2n) is 8.53. The number of benzene rings is 3. The lowest BCUT2D eigenvalue weighted by Crippen LogP contribution is -2.49.